The van der Waals surface area contributed by atoms with Crippen LogP contribution >= 0.6 is 0 Å². The Morgan fingerprint density at radius 1 is 1.45 bits per heavy atom. The summed E-state index contributed by atoms with van der Waals surface area (Å²) < 4.78 is 18.8. The normalized spacial score (nSPS) is 19.6. The van der Waals surface area contributed by atoms with E-state index < -0.39 is 0 Å². The van der Waals surface area contributed by atoms with Crippen molar-refractivity contribution in [3.8, 4) is 11.4 Å². The number of rotatable bonds is 3. The zero-order valence-corrected chi connectivity index (χ0v) is 11.8. The second-order valence-corrected chi connectivity index (χ2v) is 5.60. The molecule has 4 nitrogen and oxygen atoms in total. The Morgan fingerprint density at radius 2 is 2.30 bits per heavy atom. The monoisotopic (exact) mass is 275 g/mol. The van der Waals surface area contributed by atoms with Gasteiger partial charge in [0.25, 0.3) is 0 Å². The van der Waals surface area contributed by atoms with Crippen LogP contribution in [0.3, 0.4) is 0 Å². The largest absolute Gasteiger partial charge is 0.339 e. The number of hydrogen-bond acceptors (Lipinski definition) is 4. The molecule has 2 heterocycles. The summed E-state index contributed by atoms with van der Waals surface area (Å²) in [6.45, 7) is 3.92. The Kier molecular flexibility index (Phi) is 3.53. The van der Waals surface area contributed by atoms with E-state index in [-0.39, 0.29) is 5.82 Å². The van der Waals surface area contributed by atoms with Crippen molar-refractivity contribution in [3.05, 3.63) is 35.5 Å². The zero-order valence-electron chi connectivity index (χ0n) is 11.8. The summed E-state index contributed by atoms with van der Waals surface area (Å²) in [5.74, 6) is 1.43. The molecule has 1 unspecified atom stereocenters. The molecule has 0 bridgehead atoms. The van der Waals surface area contributed by atoms with E-state index in [9.17, 15) is 4.39 Å². The highest BCUT2D eigenvalue weighted by atomic mass is 19.1. The van der Waals surface area contributed by atoms with Crippen LogP contribution in [0.5, 0.6) is 0 Å². The van der Waals surface area contributed by atoms with Crippen molar-refractivity contribution in [3.63, 3.8) is 0 Å². The molecule has 1 fully saturated rings. The van der Waals surface area contributed by atoms with Crippen molar-refractivity contribution in [2.24, 2.45) is 5.92 Å². The average molecular weight is 275 g/mol. The molecule has 106 valence electrons. The standard InChI is InChI=1S/C15H18FN3O/c1-10-3-4-12(8-13(10)16)15-17-14(20-18-15)7-11-5-6-19(2)9-11/h3-4,8,11H,5-7,9H2,1-2H3. The summed E-state index contributed by atoms with van der Waals surface area (Å²) in [4.78, 5) is 6.68. The maximum Gasteiger partial charge on any atom is 0.227 e. The number of hydrogen-bond donors (Lipinski definition) is 0. The topological polar surface area (TPSA) is 42.2 Å². The van der Waals surface area contributed by atoms with Crippen molar-refractivity contribution in [1.29, 1.82) is 0 Å². The number of halogens is 1. The second-order valence-electron chi connectivity index (χ2n) is 5.60. The van der Waals surface area contributed by atoms with Gasteiger partial charge in [0, 0.05) is 18.5 Å². The molecule has 0 amide bonds. The van der Waals surface area contributed by atoms with E-state index in [0.29, 0.717) is 28.8 Å². The predicted octanol–water partition coefficient (Wildman–Crippen LogP) is 2.68. The summed E-state index contributed by atoms with van der Waals surface area (Å²) in [5, 5.41) is 3.95. The van der Waals surface area contributed by atoms with Crippen molar-refractivity contribution >= 4 is 0 Å². The Morgan fingerprint density at radius 3 is 3.00 bits per heavy atom. The third-order valence-electron chi connectivity index (χ3n) is 3.85. The van der Waals surface area contributed by atoms with Gasteiger partial charge in [0.2, 0.25) is 11.7 Å². The third kappa shape index (κ3) is 2.72. The van der Waals surface area contributed by atoms with E-state index in [4.69, 9.17) is 4.52 Å². The first-order valence-electron chi connectivity index (χ1n) is 6.89. The molecular formula is C15H18FN3O. The SMILES string of the molecule is Cc1ccc(-c2noc(CC3CCN(C)C3)n2)cc1F. The van der Waals surface area contributed by atoms with Crippen LogP contribution in [0.4, 0.5) is 4.39 Å². The molecule has 0 saturated carbocycles. The number of nitrogens with zero attached hydrogens (tertiary/aromatic N) is 3. The van der Waals surface area contributed by atoms with Gasteiger partial charge in [-0.15, -0.1) is 0 Å². The second kappa shape index (κ2) is 5.32. The lowest BCUT2D eigenvalue weighted by Gasteiger charge is -2.06. The minimum atomic E-state index is -0.244. The lowest BCUT2D eigenvalue weighted by Crippen LogP contribution is -2.15. The molecular weight excluding hydrogens is 257 g/mol. The molecule has 3 rings (SSSR count). The molecule has 0 N–H and O–H groups in total. The van der Waals surface area contributed by atoms with E-state index in [2.05, 4.69) is 22.1 Å². The number of likely N-dealkylation sites (tertiary alicyclic amines) is 1. The summed E-state index contributed by atoms with van der Waals surface area (Å²) in [5.41, 5.74) is 1.28. The maximum atomic E-state index is 13.6. The Bertz CT molecular complexity index is 611. The minimum absolute atomic E-state index is 0.244. The van der Waals surface area contributed by atoms with E-state index in [0.717, 1.165) is 25.9 Å². The fourth-order valence-electron chi connectivity index (χ4n) is 2.63. The first kappa shape index (κ1) is 13.2. The van der Waals surface area contributed by atoms with Gasteiger partial charge >= 0.3 is 0 Å². The highest BCUT2D eigenvalue weighted by molar-refractivity contribution is 5.54. The fraction of sp³-hybridized carbons (Fsp3) is 0.467. The molecule has 20 heavy (non-hydrogen) atoms. The van der Waals surface area contributed by atoms with Crippen molar-refractivity contribution < 1.29 is 8.91 Å². The minimum Gasteiger partial charge on any atom is -0.339 e. The Balaban J connectivity index is 1.74. The van der Waals surface area contributed by atoms with Gasteiger partial charge in [-0.2, -0.15) is 4.98 Å². The van der Waals surface area contributed by atoms with Gasteiger partial charge in [0.15, 0.2) is 0 Å². The first-order valence-corrected chi connectivity index (χ1v) is 6.89. The first-order chi connectivity index (χ1) is 9.61. The molecule has 0 radical (unpaired) electrons. The molecule has 0 spiro atoms. The van der Waals surface area contributed by atoms with Crippen molar-refractivity contribution in [2.45, 2.75) is 19.8 Å². The quantitative estimate of drug-likeness (QED) is 0.863. The molecule has 5 heteroatoms. The van der Waals surface area contributed by atoms with Crippen LogP contribution in [-0.4, -0.2) is 35.2 Å². The fourth-order valence-corrected chi connectivity index (χ4v) is 2.63. The van der Waals surface area contributed by atoms with Gasteiger partial charge in [-0.25, -0.2) is 4.39 Å². The van der Waals surface area contributed by atoms with Gasteiger partial charge in [-0.1, -0.05) is 17.3 Å². The van der Waals surface area contributed by atoms with Gasteiger partial charge in [-0.05, 0) is 44.5 Å². The lowest BCUT2D eigenvalue weighted by molar-refractivity contribution is 0.343. The summed E-state index contributed by atoms with van der Waals surface area (Å²) >= 11 is 0. The Hall–Kier alpha value is -1.75. The van der Waals surface area contributed by atoms with E-state index >= 15 is 0 Å². The number of benzene rings is 1. The summed E-state index contributed by atoms with van der Waals surface area (Å²) in [6, 6.07) is 5.00. The van der Waals surface area contributed by atoms with Crippen LogP contribution < -0.4 is 0 Å². The van der Waals surface area contributed by atoms with E-state index in [1.165, 1.54) is 6.07 Å². The Labute approximate surface area is 117 Å². The maximum absolute atomic E-state index is 13.6. The molecule has 1 aromatic carbocycles. The molecule has 0 aliphatic carbocycles. The van der Waals surface area contributed by atoms with Crippen LogP contribution in [0.2, 0.25) is 0 Å². The van der Waals surface area contributed by atoms with Crippen LogP contribution in [0.25, 0.3) is 11.4 Å². The molecule has 1 aromatic heterocycles. The molecule has 1 saturated heterocycles. The van der Waals surface area contributed by atoms with Gasteiger partial charge in [0.05, 0.1) is 0 Å². The summed E-state index contributed by atoms with van der Waals surface area (Å²) in [6.07, 6.45) is 1.96. The van der Waals surface area contributed by atoms with Crippen molar-refractivity contribution in [2.75, 3.05) is 20.1 Å². The van der Waals surface area contributed by atoms with Crippen LogP contribution in [0, 0.1) is 18.7 Å². The predicted molar refractivity (Wildman–Crippen MR) is 73.7 cm³/mol. The number of aryl methyl sites for hydroxylation is 1. The summed E-state index contributed by atoms with van der Waals surface area (Å²) in [7, 11) is 2.12. The smallest absolute Gasteiger partial charge is 0.227 e. The molecule has 1 aliphatic rings. The van der Waals surface area contributed by atoms with Gasteiger partial charge in [0.1, 0.15) is 5.82 Å². The average Bonchev–Trinajstić information content (AvgIpc) is 3.03. The number of aromatic nitrogens is 2. The van der Waals surface area contributed by atoms with Crippen LogP contribution in [0.15, 0.2) is 22.7 Å². The van der Waals surface area contributed by atoms with E-state index in [1.807, 2.05) is 6.07 Å². The molecule has 2 aromatic rings. The highest BCUT2D eigenvalue weighted by Gasteiger charge is 2.22. The van der Waals surface area contributed by atoms with Crippen LogP contribution in [0.1, 0.15) is 17.9 Å². The lowest BCUT2D eigenvalue weighted by atomic mass is 10.1. The van der Waals surface area contributed by atoms with Crippen molar-refractivity contribution in [1.82, 2.24) is 15.0 Å². The molecule has 1 aliphatic heterocycles. The van der Waals surface area contributed by atoms with Gasteiger partial charge < -0.3 is 9.42 Å². The van der Waals surface area contributed by atoms with Gasteiger partial charge in [-0.3, -0.25) is 0 Å². The molecule has 1 atom stereocenters. The highest BCUT2D eigenvalue weighted by Crippen LogP contribution is 2.22. The third-order valence-corrected chi connectivity index (χ3v) is 3.85. The zero-order chi connectivity index (χ0) is 14.1. The van der Waals surface area contributed by atoms with Crippen LogP contribution in [-0.2, 0) is 6.42 Å². The van der Waals surface area contributed by atoms with E-state index in [1.54, 1.807) is 13.0 Å².